The summed E-state index contributed by atoms with van der Waals surface area (Å²) in [7, 11) is 0. The van der Waals surface area contributed by atoms with E-state index in [-0.39, 0.29) is 12.4 Å². The molecule has 0 fully saturated rings. The molecule has 1 aromatic rings. The first-order valence-electron chi connectivity index (χ1n) is 3.13. The highest BCUT2D eigenvalue weighted by molar-refractivity contribution is 5.27. The fraction of sp³-hybridized carbons (Fsp3) is 0.125. The second-order valence-corrected chi connectivity index (χ2v) is 1.87. The Hall–Kier alpha value is -1.40. The molecule has 1 aromatic heterocycles. The minimum absolute atomic E-state index is 0.262. The van der Waals surface area contributed by atoms with Crippen molar-refractivity contribution in [1.29, 1.82) is 0 Å². The Morgan fingerprint density at radius 1 is 1.64 bits per heavy atom. The van der Waals surface area contributed by atoms with E-state index in [0.29, 0.717) is 5.69 Å². The highest BCUT2D eigenvalue weighted by atomic mass is 19.1. The number of halogens is 1. The highest BCUT2D eigenvalue weighted by Crippen LogP contribution is 1.96. The number of hydrogen-bond acceptors (Lipinski definition) is 2. The molecule has 11 heavy (non-hydrogen) atoms. The minimum atomic E-state index is -0.332. The second kappa shape index (κ2) is 3.69. The van der Waals surface area contributed by atoms with Gasteiger partial charge >= 0.3 is 0 Å². The predicted octanol–water partition coefficient (Wildman–Crippen LogP) is 0.531. The largest absolute Gasteiger partial charge is 0.320 e. The van der Waals surface area contributed by atoms with Crippen molar-refractivity contribution < 1.29 is 4.39 Å². The van der Waals surface area contributed by atoms with Crippen LogP contribution in [0, 0.1) is 17.7 Å². The van der Waals surface area contributed by atoms with Crippen LogP contribution in [0.3, 0.4) is 0 Å². The molecular formula is C8H7FN2. The van der Waals surface area contributed by atoms with Crippen molar-refractivity contribution in [3.05, 3.63) is 29.8 Å². The Labute approximate surface area is 64.3 Å². The molecule has 0 unspecified atom stereocenters. The molecule has 0 saturated carbocycles. The molecule has 2 N–H and O–H groups in total. The van der Waals surface area contributed by atoms with Crippen molar-refractivity contribution >= 4 is 0 Å². The van der Waals surface area contributed by atoms with Gasteiger partial charge < -0.3 is 5.73 Å². The van der Waals surface area contributed by atoms with Gasteiger partial charge in [-0.1, -0.05) is 5.92 Å². The molecule has 0 saturated heterocycles. The van der Waals surface area contributed by atoms with Crippen LogP contribution in [0.5, 0.6) is 0 Å². The van der Waals surface area contributed by atoms with E-state index in [4.69, 9.17) is 5.73 Å². The van der Waals surface area contributed by atoms with E-state index in [2.05, 4.69) is 16.8 Å². The lowest BCUT2D eigenvalue weighted by molar-refractivity contribution is 0.625. The molecule has 0 bridgehead atoms. The Bertz CT molecular complexity index is 298. The summed E-state index contributed by atoms with van der Waals surface area (Å²) in [6, 6.07) is 2.54. The zero-order valence-electron chi connectivity index (χ0n) is 5.84. The third-order valence-corrected chi connectivity index (χ3v) is 1.04. The molecule has 0 spiro atoms. The average Bonchev–Trinajstić information content (AvgIpc) is 2.01. The lowest BCUT2D eigenvalue weighted by Gasteiger charge is -1.87. The third kappa shape index (κ3) is 2.36. The van der Waals surface area contributed by atoms with Gasteiger partial charge in [0.1, 0.15) is 11.5 Å². The SMILES string of the molecule is NCC#Cc1cc(F)ccn1. The van der Waals surface area contributed by atoms with Crippen LogP contribution < -0.4 is 5.73 Å². The van der Waals surface area contributed by atoms with Crippen LogP contribution in [0.2, 0.25) is 0 Å². The summed E-state index contributed by atoms with van der Waals surface area (Å²) in [5.41, 5.74) is 5.53. The fourth-order valence-electron chi connectivity index (χ4n) is 0.615. The second-order valence-electron chi connectivity index (χ2n) is 1.87. The van der Waals surface area contributed by atoms with Crippen LogP contribution in [0.15, 0.2) is 18.3 Å². The number of rotatable bonds is 0. The molecule has 0 radical (unpaired) electrons. The Balaban J connectivity index is 2.87. The van der Waals surface area contributed by atoms with Crippen LogP contribution in [-0.4, -0.2) is 11.5 Å². The highest BCUT2D eigenvalue weighted by Gasteiger charge is 1.89. The van der Waals surface area contributed by atoms with Crippen molar-refractivity contribution in [3.8, 4) is 11.8 Å². The summed E-state index contributed by atoms with van der Waals surface area (Å²) in [5.74, 6) is 4.87. The van der Waals surface area contributed by atoms with Gasteiger partial charge in [-0.25, -0.2) is 9.37 Å². The smallest absolute Gasteiger partial charge is 0.127 e. The van der Waals surface area contributed by atoms with Crippen molar-refractivity contribution in [2.24, 2.45) is 5.73 Å². The van der Waals surface area contributed by atoms with E-state index >= 15 is 0 Å². The maximum Gasteiger partial charge on any atom is 0.127 e. The van der Waals surface area contributed by atoms with Gasteiger partial charge in [0.2, 0.25) is 0 Å². The molecule has 0 aromatic carbocycles. The first-order chi connectivity index (χ1) is 5.33. The topological polar surface area (TPSA) is 38.9 Å². The van der Waals surface area contributed by atoms with Crippen molar-refractivity contribution in [1.82, 2.24) is 4.98 Å². The minimum Gasteiger partial charge on any atom is -0.320 e. The zero-order chi connectivity index (χ0) is 8.10. The van der Waals surface area contributed by atoms with Gasteiger partial charge in [0, 0.05) is 12.3 Å². The molecule has 2 nitrogen and oxygen atoms in total. The summed E-state index contributed by atoms with van der Waals surface area (Å²) < 4.78 is 12.5. The quantitative estimate of drug-likeness (QED) is 0.548. The Morgan fingerprint density at radius 3 is 3.09 bits per heavy atom. The molecule has 0 aliphatic carbocycles. The summed E-state index contributed by atoms with van der Waals surface area (Å²) >= 11 is 0. The van der Waals surface area contributed by atoms with Crippen LogP contribution >= 0.6 is 0 Å². The first-order valence-corrected chi connectivity index (χ1v) is 3.13. The van der Waals surface area contributed by atoms with Gasteiger partial charge in [-0.05, 0) is 12.0 Å². The standard InChI is InChI=1S/C8H7FN2/c9-7-3-5-11-8(6-7)2-1-4-10/h3,5-6H,4,10H2. The van der Waals surface area contributed by atoms with Crippen LogP contribution in [0.4, 0.5) is 4.39 Å². The maximum atomic E-state index is 12.5. The van der Waals surface area contributed by atoms with E-state index < -0.39 is 0 Å². The van der Waals surface area contributed by atoms with E-state index in [1.54, 1.807) is 0 Å². The monoisotopic (exact) mass is 150 g/mol. The molecule has 0 aliphatic heterocycles. The molecule has 1 heterocycles. The normalized spacial score (nSPS) is 8.55. The first kappa shape index (κ1) is 7.70. The van der Waals surface area contributed by atoms with Crippen LogP contribution in [0.25, 0.3) is 0 Å². The molecule has 0 aliphatic rings. The lowest BCUT2D eigenvalue weighted by Crippen LogP contribution is -1.93. The van der Waals surface area contributed by atoms with Crippen LogP contribution in [-0.2, 0) is 0 Å². The summed E-state index contributed by atoms with van der Waals surface area (Å²) in [6.45, 7) is 0.262. The van der Waals surface area contributed by atoms with E-state index in [9.17, 15) is 4.39 Å². The number of aromatic nitrogens is 1. The van der Waals surface area contributed by atoms with Gasteiger partial charge in [-0.3, -0.25) is 0 Å². The third-order valence-electron chi connectivity index (χ3n) is 1.04. The van der Waals surface area contributed by atoms with Gasteiger partial charge in [0.05, 0.1) is 6.54 Å². The van der Waals surface area contributed by atoms with Crippen molar-refractivity contribution in [2.75, 3.05) is 6.54 Å². The van der Waals surface area contributed by atoms with Gasteiger partial charge in [0.15, 0.2) is 0 Å². The van der Waals surface area contributed by atoms with Crippen LogP contribution in [0.1, 0.15) is 5.69 Å². The Kier molecular flexibility index (Phi) is 2.59. The predicted molar refractivity (Wildman–Crippen MR) is 40.1 cm³/mol. The number of nitrogens with zero attached hydrogens (tertiary/aromatic N) is 1. The fourth-order valence-corrected chi connectivity index (χ4v) is 0.615. The van der Waals surface area contributed by atoms with Crippen molar-refractivity contribution in [3.63, 3.8) is 0 Å². The number of pyridine rings is 1. The maximum absolute atomic E-state index is 12.5. The average molecular weight is 150 g/mol. The van der Waals surface area contributed by atoms with E-state index in [0.717, 1.165) is 0 Å². The molecule has 0 atom stereocenters. The summed E-state index contributed by atoms with van der Waals surface area (Å²) in [6.07, 6.45) is 1.37. The molecule has 56 valence electrons. The van der Waals surface area contributed by atoms with Crippen molar-refractivity contribution in [2.45, 2.75) is 0 Å². The zero-order valence-corrected chi connectivity index (χ0v) is 5.84. The van der Waals surface area contributed by atoms with Gasteiger partial charge in [-0.15, -0.1) is 0 Å². The molecule has 3 heteroatoms. The number of nitrogens with two attached hydrogens (primary N) is 1. The molecule has 0 amide bonds. The summed E-state index contributed by atoms with van der Waals surface area (Å²) in [5, 5.41) is 0. The van der Waals surface area contributed by atoms with E-state index in [1.165, 1.54) is 18.3 Å². The van der Waals surface area contributed by atoms with Gasteiger partial charge in [-0.2, -0.15) is 0 Å². The molecule has 1 rings (SSSR count). The summed E-state index contributed by atoms with van der Waals surface area (Å²) in [4.78, 5) is 3.81. The van der Waals surface area contributed by atoms with Gasteiger partial charge in [0.25, 0.3) is 0 Å². The molecular weight excluding hydrogens is 143 g/mol. The van der Waals surface area contributed by atoms with E-state index in [1.807, 2.05) is 0 Å². The number of hydrogen-bond donors (Lipinski definition) is 1. The Morgan fingerprint density at radius 2 is 2.45 bits per heavy atom. The lowest BCUT2D eigenvalue weighted by atomic mass is 10.3.